The first-order chi connectivity index (χ1) is 8.46. The van der Waals surface area contributed by atoms with Crippen molar-refractivity contribution in [2.45, 2.75) is 32.2 Å². The van der Waals surface area contributed by atoms with E-state index in [-0.39, 0.29) is 11.8 Å². The van der Waals surface area contributed by atoms with E-state index < -0.39 is 6.36 Å². The van der Waals surface area contributed by atoms with Crippen molar-refractivity contribution in [3.05, 3.63) is 29.8 Å². The van der Waals surface area contributed by atoms with Gasteiger partial charge in [0, 0.05) is 6.04 Å². The van der Waals surface area contributed by atoms with Crippen LogP contribution in [0.2, 0.25) is 0 Å². The zero-order chi connectivity index (χ0) is 13.2. The van der Waals surface area contributed by atoms with Gasteiger partial charge in [-0.15, -0.1) is 13.2 Å². The summed E-state index contributed by atoms with van der Waals surface area (Å²) in [5.74, 6) is 0.263. The summed E-state index contributed by atoms with van der Waals surface area (Å²) in [7, 11) is 0. The molecule has 1 N–H and O–H groups in total. The Kier molecular flexibility index (Phi) is 3.80. The van der Waals surface area contributed by atoms with Crippen molar-refractivity contribution < 1.29 is 17.9 Å². The van der Waals surface area contributed by atoms with Gasteiger partial charge in [-0.05, 0) is 43.0 Å². The van der Waals surface area contributed by atoms with Gasteiger partial charge >= 0.3 is 6.36 Å². The normalized spacial score (nSPS) is 24.9. The Labute approximate surface area is 104 Å². The van der Waals surface area contributed by atoms with Crippen LogP contribution < -0.4 is 10.1 Å². The maximum absolute atomic E-state index is 12.2. The Morgan fingerprint density at radius 3 is 2.78 bits per heavy atom. The van der Waals surface area contributed by atoms with E-state index in [1.165, 1.54) is 12.1 Å². The third-order valence-corrected chi connectivity index (χ3v) is 3.22. The molecule has 1 aromatic rings. The summed E-state index contributed by atoms with van der Waals surface area (Å²) in [5.41, 5.74) is 0.851. The molecule has 1 aromatic carbocycles. The minimum atomic E-state index is -4.63. The number of ether oxygens (including phenoxy) is 1. The minimum absolute atomic E-state index is 0.107. The highest BCUT2D eigenvalue weighted by atomic mass is 19.4. The van der Waals surface area contributed by atoms with Crippen molar-refractivity contribution >= 4 is 0 Å². The maximum atomic E-state index is 12.2. The summed E-state index contributed by atoms with van der Waals surface area (Å²) < 4.78 is 40.4. The van der Waals surface area contributed by atoms with Crippen LogP contribution in [0.4, 0.5) is 13.2 Å². The molecule has 0 aromatic heterocycles. The second kappa shape index (κ2) is 5.18. The minimum Gasteiger partial charge on any atom is -0.406 e. The average molecular weight is 259 g/mol. The molecule has 2 nitrogen and oxygen atoms in total. The van der Waals surface area contributed by atoms with E-state index in [1.807, 2.05) is 6.07 Å². The average Bonchev–Trinajstić information content (AvgIpc) is 2.27. The third kappa shape index (κ3) is 3.38. The van der Waals surface area contributed by atoms with Gasteiger partial charge in [-0.1, -0.05) is 19.1 Å². The van der Waals surface area contributed by atoms with Crippen LogP contribution in [0.25, 0.3) is 0 Å². The van der Waals surface area contributed by atoms with Gasteiger partial charge in [0.05, 0.1) is 0 Å². The molecule has 0 aliphatic carbocycles. The van der Waals surface area contributed by atoms with Crippen molar-refractivity contribution in [3.8, 4) is 5.75 Å². The first-order valence-corrected chi connectivity index (χ1v) is 6.05. The molecule has 1 fully saturated rings. The Hall–Kier alpha value is -1.23. The molecule has 2 unspecified atom stereocenters. The Morgan fingerprint density at radius 2 is 2.11 bits per heavy atom. The maximum Gasteiger partial charge on any atom is 0.573 e. The van der Waals surface area contributed by atoms with Gasteiger partial charge in [-0.25, -0.2) is 0 Å². The van der Waals surface area contributed by atoms with Crippen molar-refractivity contribution in [1.82, 2.24) is 5.32 Å². The van der Waals surface area contributed by atoms with E-state index in [2.05, 4.69) is 17.0 Å². The van der Waals surface area contributed by atoms with Crippen LogP contribution in [0.3, 0.4) is 0 Å². The summed E-state index contributed by atoms with van der Waals surface area (Å²) in [6.45, 7) is 3.01. The highest BCUT2D eigenvalue weighted by Gasteiger charge is 2.31. The van der Waals surface area contributed by atoms with E-state index in [9.17, 15) is 13.2 Å². The molecule has 2 rings (SSSR count). The van der Waals surface area contributed by atoms with Crippen molar-refractivity contribution in [3.63, 3.8) is 0 Å². The zero-order valence-electron chi connectivity index (χ0n) is 10.1. The largest absolute Gasteiger partial charge is 0.573 e. The van der Waals surface area contributed by atoms with Crippen LogP contribution in [0.15, 0.2) is 24.3 Å². The van der Waals surface area contributed by atoms with Gasteiger partial charge < -0.3 is 10.1 Å². The van der Waals surface area contributed by atoms with Crippen LogP contribution in [0.5, 0.6) is 5.75 Å². The van der Waals surface area contributed by atoms with Gasteiger partial charge in [0.25, 0.3) is 0 Å². The summed E-state index contributed by atoms with van der Waals surface area (Å²) in [6, 6.07) is 6.33. The van der Waals surface area contributed by atoms with Crippen LogP contribution >= 0.6 is 0 Å². The lowest BCUT2D eigenvalue weighted by Crippen LogP contribution is -2.32. The molecule has 5 heteroatoms. The van der Waals surface area contributed by atoms with E-state index in [4.69, 9.17) is 0 Å². The summed E-state index contributed by atoms with van der Waals surface area (Å²) in [5, 5.41) is 3.34. The predicted molar refractivity (Wildman–Crippen MR) is 62.3 cm³/mol. The van der Waals surface area contributed by atoms with Crippen LogP contribution in [0.1, 0.15) is 31.4 Å². The van der Waals surface area contributed by atoms with Crippen LogP contribution in [-0.4, -0.2) is 12.9 Å². The van der Waals surface area contributed by atoms with Gasteiger partial charge in [0.1, 0.15) is 5.75 Å². The standard InChI is InChI=1S/C13H16F3NO/c1-9-4-3-7-17-12(9)10-5-2-6-11(8-10)18-13(14,15)16/h2,5-6,8-9,12,17H,3-4,7H2,1H3. The molecular formula is C13H16F3NO. The molecule has 1 heterocycles. The highest BCUT2D eigenvalue weighted by Crippen LogP contribution is 2.31. The molecule has 1 aliphatic heterocycles. The van der Waals surface area contributed by atoms with E-state index in [0.29, 0.717) is 5.92 Å². The third-order valence-electron chi connectivity index (χ3n) is 3.22. The monoisotopic (exact) mass is 259 g/mol. The van der Waals surface area contributed by atoms with Gasteiger partial charge in [-0.3, -0.25) is 0 Å². The van der Waals surface area contributed by atoms with Gasteiger partial charge in [0.2, 0.25) is 0 Å². The smallest absolute Gasteiger partial charge is 0.406 e. The second-order valence-corrected chi connectivity index (χ2v) is 4.67. The second-order valence-electron chi connectivity index (χ2n) is 4.67. The van der Waals surface area contributed by atoms with Crippen LogP contribution in [-0.2, 0) is 0 Å². The number of hydrogen-bond acceptors (Lipinski definition) is 2. The molecule has 18 heavy (non-hydrogen) atoms. The summed E-state index contributed by atoms with van der Waals surface area (Å²) in [4.78, 5) is 0. The molecule has 1 saturated heterocycles. The first kappa shape index (κ1) is 13.2. The lowest BCUT2D eigenvalue weighted by Gasteiger charge is -2.30. The number of benzene rings is 1. The van der Waals surface area contributed by atoms with Crippen LogP contribution in [0, 0.1) is 5.92 Å². The molecule has 0 saturated carbocycles. The number of nitrogens with one attached hydrogen (secondary N) is 1. The van der Waals surface area contributed by atoms with E-state index >= 15 is 0 Å². The highest BCUT2D eigenvalue weighted by molar-refractivity contribution is 5.31. The number of alkyl halides is 3. The summed E-state index contributed by atoms with van der Waals surface area (Å²) in [6.07, 6.45) is -2.44. The quantitative estimate of drug-likeness (QED) is 0.875. The molecular weight excluding hydrogens is 243 g/mol. The van der Waals surface area contributed by atoms with Crippen molar-refractivity contribution in [1.29, 1.82) is 0 Å². The molecule has 0 spiro atoms. The van der Waals surface area contributed by atoms with Crippen molar-refractivity contribution in [2.24, 2.45) is 5.92 Å². The number of rotatable bonds is 2. The molecule has 0 radical (unpaired) electrons. The fourth-order valence-electron chi connectivity index (χ4n) is 2.40. The molecule has 100 valence electrons. The first-order valence-electron chi connectivity index (χ1n) is 6.05. The van der Waals surface area contributed by atoms with Gasteiger partial charge in [-0.2, -0.15) is 0 Å². The fourth-order valence-corrected chi connectivity index (χ4v) is 2.40. The lowest BCUT2D eigenvalue weighted by atomic mass is 9.88. The molecule has 2 atom stereocenters. The van der Waals surface area contributed by atoms with E-state index in [1.54, 1.807) is 6.07 Å². The number of hydrogen-bond donors (Lipinski definition) is 1. The topological polar surface area (TPSA) is 21.3 Å². The molecule has 1 aliphatic rings. The zero-order valence-corrected chi connectivity index (χ0v) is 10.1. The lowest BCUT2D eigenvalue weighted by molar-refractivity contribution is -0.274. The number of halogens is 3. The van der Waals surface area contributed by atoms with E-state index in [0.717, 1.165) is 24.9 Å². The fraction of sp³-hybridized carbons (Fsp3) is 0.538. The molecule has 0 bridgehead atoms. The Bertz CT molecular complexity index is 405. The predicted octanol–water partition coefficient (Wildman–Crippen LogP) is 3.65. The molecule has 0 amide bonds. The Balaban J connectivity index is 2.16. The Morgan fingerprint density at radius 1 is 1.33 bits per heavy atom. The van der Waals surface area contributed by atoms with Crippen molar-refractivity contribution in [2.75, 3.05) is 6.54 Å². The summed E-state index contributed by atoms with van der Waals surface area (Å²) >= 11 is 0. The SMILES string of the molecule is CC1CCCNC1c1cccc(OC(F)(F)F)c1. The van der Waals surface area contributed by atoms with Gasteiger partial charge in [0.15, 0.2) is 0 Å². The number of piperidine rings is 1.